The molecular formula is C22H19ClN2O2S. The minimum Gasteiger partial charge on any atom is -0.497 e. The molecule has 4 rings (SSSR count). The molecule has 0 unspecified atom stereocenters. The van der Waals surface area contributed by atoms with Gasteiger partial charge in [-0.2, -0.15) is 0 Å². The number of benzene rings is 2. The minimum atomic E-state index is -0.107. The third-order valence-electron chi connectivity index (χ3n) is 4.60. The van der Waals surface area contributed by atoms with Gasteiger partial charge < -0.3 is 10.1 Å². The summed E-state index contributed by atoms with van der Waals surface area (Å²) >= 11 is 7.99. The summed E-state index contributed by atoms with van der Waals surface area (Å²) < 4.78 is 5.30. The lowest BCUT2D eigenvalue weighted by Crippen LogP contribution is -2.12. The van der Waals surface area contributed by atoms with Crippen molar-refractivity contribution in [3.8, 4) is 5.75 Å². The summed E-state index contributed by atoms with van der Waals surface area (Å²) in [6, 6.07) is 17.8. The molecule has 0 radical (unpaired) electrons. The molecule has 0 saturated heterocycles. The highest BCUT2D eigenvalue weighted by atomic mass is 35.5. The zero-order valence-corrected chi connectivity index (χ0v) is 16.9. The normalized spacial score (nSPS) is 13.4. The van der Waals surface area contributed by atoms with Gasteiger partial charge in [-0.1, -0.05) is 41.9 Å². The van der Waals surface area contributed by atoms with Gasteiger partial charge in [0.15, 0.2) is 0 Å². The Balaban J connectivity index is 1.63. The van der Waals surface area contributed by atoms with Gasteiger partial charge in [-0.25, -0.2) is 0 Å². The van der Waals surface area contributed by atoms with E-state index < -0.39 is 0 Å². The number of fused-ring (bicyclic) bond motifs is 1. The van der Waals surface area contributed by atoms with Gasteiger partial charge in [0, 0.05) is 21.0 Å². The first-order valence-electron chi connectivity index (χ1n) is 8.99. The van der Waals surface area contributed by atoms with Gasteiger partial charge in [-0.05, 0) is 42.7 Å². The second kappa shape index (κ2) is 8.17. The average Bonchev–Trinajstić information content (AvgIpc) is 3.03. The lowest BCUT2D eigenvalue weighted by molar-refractivity contribution is -0.114. The van der Waals surface area contributed by atoms with Crippen molar-refractivity contribution in [3.63, 3.8) is 0 Å². The van der Waals surface area contributed by atoms with Crippen LogP contribution in [0.2, 0.25) is 5.02 Å². The Morgan fingerprint density at radius 2 is 1.96 bits per heavy atom. The van der Waals surface area contributed by atoms with E-state index in [1.165, 1.54) is 10.4 Å². The average molecular weight is 411 g/mol. The first kappa shape index (κ1) is 18.7. The molecule has 6 heteroatoms. The molecule has 1 amide bonds. The molecule has 1 aliphatic heterocycles. The van der Waals surface area contributed by atoms with Crippen LogP contribution in [0.25, 0.3) is 0 Å². The van der Waals surface area contributed by atoms with Gasteiger partial charge in [0.1, 0.15) is 17.3 Å². The molecule has 1 aromatic heterocycles. The number of amides is 1. The van der Waals surface area contributed by atoms with E-state index in [9.17, 15) is 4.79 Å². The molecule has 2 heterocycles. The standard InChI is InChI=1S/C22H19ClN2O2S/c1-27-15-6-4-5-14(11-15)9-10-16-12-18-21(17-7-2-3-8-19(17)23)24-13-20(26)25-22(18)28-16/h2-8,11-12H,9-10,13H2,1H3,(H,25,26). The Morgan fingerprint density at radius 3 is 2.79 bits per heavy atom. The number of nitrogens with one attached hydrogen (secondary N) is 1. The molecule has 0 bridgehead atoms. The smallest absolute Gasteiger partial charge is 0.246 e. The number of thiophene rings is 1. The molecule has 0 spiro atoms. The summed E-state index contributed by atoms with van der Waals surface area (Å²) in [6.07, 6.45) is 1.76. The number of hydrogen-bond acceptors (Lipinski definition) is 4. The number of halogens is 1. The Bertz CT molecular complexity index is 1060. The number of aryl methyl sites for hydroxylation is 2. The maximum atomic E-state index is 12.1. The lowest BCUT2D eigenvalue weighted by Gasteiger charge is -2.07. The van der Waals surface area contributed by atoms with Gasteiger partial charge in [-0.3, -0.25) is 9.79 Å². The highest BCUT2D eigenvalue weighted by Gasteiger charge is 2.22. The number of anilines is 1. The Labute approximate surface area is 172 Å². The molecule has 0 fully saturated rings. The van der Waals surface area contributed by atoms with E-state index in [-0.39, 0.29) is 12.5 Å². The van der Waals surface area contributed by atoms with E-state index in [0.29, 0.717) is 5.02 Å². The Morgan fingerprint density at radius 1 is 1.11 bits per heavy atom. The second-order valence-corrected chi connectivity index (χ2v) is 8.04. The zero-order chi connectivity index (χ0) is 19.5. The van der Waals surface area contributed by atoms with Crippen molar-refractivity contribution < 1.29 is 9.53 Å². The molecule has 142 valence electrons. The molecule has 0 aliphatic carbocycles. The van der Waals surface area contributed by atoms with E-state index >= 15 is 0 Å². The highest BCUT2D eigenvalue weighted by molar-refractivity contribution is 7.16. The van der Waals surface area contributed by atoms with E-state index in [2.05, 4.69) is 28.5 Å². The molecular weight excluding hydrogens is 392 g/mol. The summed E-state index contributed by atoms with van der Waals surface area (Å²) in [5.41, 5.74) is 3.76. The van der Waals surface area contributed by atoms with Gasteiger partial charge in [0.2, 0.25) is 5.91 Å². The van der Waals surface area contributed by atoms with Crippen LogP contribution in [0, 0.1) is 0 Å². The summed E-state index contributed by atoms with van der Waals surface area (Å²) in [4.78, 5) is 17.8. The van der Waals surface area contributed by atoms with Crippen molar-refractivity contribution in [2.24, 2.45) is 4.99 Å². The van der Waals surface area contributed by atoms with Crippen molar-refractivity contribution in [1.82, 2.24) is 0 Å². The van der Waals surface area contributed by atoms with Crippen molar-refractivity contribution in [3.05, 3.63) is 81.2 Å². The molecule has 0 atom stereocenters. The highest BCUT2D eigenvalue weighted by Crippen LogP contribution is 2.34. The van der Waals surface area contributed by atoms with Crippen LogP contribution in [0.3, 0.4) is 0 Å². The molecule has 0 saturated carbocycles. The van der Waals surface area contributed by atoms with Crippen LogP contribution in [0.4, 0.5) is 5.00 Å². The largest absolute Gasteiger partial charge is 0.497 e. The number of methoxy groups -OCH3 is 1. The second-order valence-electron chi connectivity index (χ2n) is 6.50. The predicted octanol–water partition coefficient (Wildman–Crippen LogP) is 4.98. The number of rotatable bonds is 5. The van der Waals surface area contributed by atoms with Gasteiger partial charge in [-0.15, -0.1) is 11.3 Å². The molecule has 1 N–H and O–H groups in total. The fraction of sp³-hybridized carbons (Fsp3) is 0.182. The first-order valence-corrected chi connectivity index (χ1v) is 10.2. The fourth-order valence-corrected chi connectivity index (χ4v) is 4.51. The summed E-state index contributed by atoms with van der Waals surface area (Å²) in [6.45, 7) is 0.0983. The monoisotopic (exact) mass is 410 g/mol. The van der Waals surface area contributed by atoms with Crippen LogP contribution in [0.15, 0.2) is 59.6 Å². The SMILES string of the molecule is COc1cccc(CCc2cc3c(s2)NC(=O)CN=C3c2ccccc2Cl)c1. The van der Waals surface area contributed by atoms with Gasteiger partial charge in [0.05, 0.1) is 12.8 Å². The van der Waals surface area contributed by atoms with Crippen LogP contribution in [-0.2, 0) is 17.6 Å². The molecule has 4 nitrogen and oxygen atoms in total. The number of aliphatic imine (C=N–C) groups is 1. The van der Waals surface area contributed by atoms with Crippen LogP contribution in [0.1, 0.15) is 21.6 Å². The van der Waals surface area contributed by atoms with Crippen LogP contribution in [-0.4, -0.2) is 25.3 Å². The third-order valence-corrected chi connectivity index (χ3v) is 6.04. The van der Waals surface area contributed by atoms with Gasteiger partial charge >= 0.3 is 0 Å². The number of hydrogen-bond donors (Lipinski definition) is 1. The Kier molecular flexibility index (Phi) is 5.46. The maximum Gasteiger partial charge on any atom is 0.246 e. The van der Waals surface area contributed by atoms with E-state index in [4.69, 9.17) is 16.3 Å². The predicted molar refractivity (Wildman–Crippen MR) is 115 cm³/mol. The van der Waals surface area contributed by atoms with Crippen LogP contribution < -0.4 is 10.1 Å². The van der Waals surface area contributed by atoms with E-state index in [1.807, 2.05) is 36.4 Å². The van der Waals surface area contributed by atoms with Crippen molar-refractivity contribution >= 4 is 39.6 Å². The molecule has 2 aromatic carbocycles. The summed E-state index contributed by atoms with van der Waals surface area (Å²) in [5.74, 6) is 0.754. The molecule has 28 heavy (non-hydrogen) atoms. The lowest BCUT2D eigenvalue weighted by atomic mass is 10.0. The maximum absolute atomic E-state index is 12.1. The van der Waals surface area contributed by atoms with Gasteiger partial charge in [0.25, 0.3) is 0 Å². The fourth-order valence-electron chi connectivity index (χ4n) is 3.22. The van der Waals surface area contributed by atoms with E-state index in [1.54, 1.807) is 18.4 Å². The quantitative estimate of drug-likeness (QED) is 0.644. The number of nitrogens with zero attached hydrogens (tertiary/aromatic N) is 1. The topological polar surface area (TPSA) is 50.7 Å². The van der Waals surface area contributed by atoms with Crippen molar-refractivity contribution in [2.45, 2.75) is 12.8 Å². The number of carbonyl (C=O) groups is 1. The van der Waals surface area contributed by atoms with E-state index in [0.717, 1.165) is 40.4 Å². The zero-order valence-electron chi connectivity index (χ0n) is 15.4. The Hall–Kier alpha value is -2.63. The van der Waals surface area contributed by atoms with Crippen LogP contribution in [0.5, 0.6) is 5.75 Å². The molecule has 1 aliphatic rings. The summed E-state index contributed by atoms with van der Waals surface area (Å²) in [5, 5.41) is 4.45. The van der Waals surface area contributed by atoms with Crippen molar-refractivity contribution in [2.75, 3.05) is 19.0 Å². The first-order chi connectivity index (χ1) is 13.6. The molecule has 3 aromatic rings. The number of ether oxygens (including phenoxy) is 1. The summed E-state index contributed by atoms with van der Waals surface area (Å²) in [7, 11) is 1.67. The van der Waals surface area contributed by atoms with Crippen LogP contribution >= 0.6 is 22.9 Å². The number of carbonyl (C=O) groups excluding carboxylic acids is 1. The van der Waals surface area contributed by atoms with Crippen molar-refractivity contribution in [1.29, 1.82) is 0 Å². The minimum absolute atomic E-state index is 0.0983. The third kappa shape index (κ3) is 3.96.